The van der Waals surface area contributed by atoms with Crippen LogP contribution < -0.4 is 9.30 Å². The standard InChI is InChI=1S/C29H27N2O/c1-17-21-9-7-6-8-19(21)14-24-25(17)27-26-23(30-16-31(27)5)13-20-12-18(15-29(2,3)4)10-11-22(20)28(26)32-24/h6-14,16H,15H2,1-5H3/q+1. The molecule has 0 fully saturated rings. The van der Waals surface area contributed by atoms with Crippen LogP contribution in [-0.2, 0) is 13.5 Å². The molecule has 32 heavy (non-hydrogen) atoms. The summed E-state index contributed by atoms with van der Waals surface area (Å²) < 4.78 is 8.83. The van der Waals surface area contributed by atoms with Gasteiger partial charge in [-0.25, -0.2) is 4.57 Å². The molecule has 1 aliphatic rings. The molecule has 2 heterocycles. The Morgan fingerprint density at radius 1 is 0.938 bits per heavy atom. The fourth-order valence-corrected chi connectivity index (χ4v) is 5.23. The first-order chi connectivity index (χ1) is 15.3. The fourth-order valence-electron chi connectivity index (χ4n) is 5.23. The molecule has 3 nitrogen and oxygen atoms in total. The van der Waals surface area contributed by atoms with Crippen molar-refractivity contribution in [3.63, 3.8) is 0 Å². The van der Waals surface area contributed by atoms with E-state index < -0.39 is 0 Å². The summed E-state index contributed by atoms with van der Waals surface area (Å²) in [6, 6.07) is 19.7. The van der Waals surface area contributed by atoms with Crippen LogP contribution in [0.2, 0.25) is 0 Å². The van der Waals surface area contributed by atoms with Crippen LogP contribution in [0.1, 0.15) is 31.9 Å². The van der Waals surface area contributed by atoms with Crippen molar-refractivity contribution >= 4 is 32.4 Å². The monoisotopic (exact) mass is 419 g/mol. The maximum Gasteiger partial charge on any atom is 0.287 e. The van der Waals surface area contributed by atoms with Crippen molar-refractivity contribution < 1.29 is 9.30 Å². The number of rotatable bonds is 1. The van der Waals surface area contributed by atoms with Crippen LogP contribution in [0.5, 0.6) is 11.5 Å². The molecule has 0 N–H and O–H groups in total. The van der Waals surface area contributed by atoms with Gasteiger partial charge in [0.2, 0.25) is 0 Å². The molecule has 0 saturated carbocycles. The predicted molar refractivity (Wildman–Crippen MR) is 131 cm³/mol. The van der Waals surface area contributed by atoms with E-state index in [0.29, 0.717) is 0 Å². The Kier molecular flexibility index (Phi) is 3.92. The van der Waals surface area contributed by atoms with Crippen LogP contribution in [0.25, 0.3) is 43.7 Å². The summed E-state index contributed by atoms with van der Waals surface area (Å²) in [5, 5.41) is 5.88. The molecule has 0 spiro atoms. The van der Waals surface area contributed by atoms with Crippen LogP contribution in [-0.4, -0.2) is 4.98 Å². The molecular weight excluding hydrogens is 392 g/mol. The van der Waals surface area contributed by atoms with Gasteiger partial charge >= 0.3 is 0 Å². The first-order valence-corrected chi connectivity index (χ1v) is 11.2. The molecule has 0 atom stereocenters. The van der Waals surface area contributed by atoms with Crippen molar-refractivity contribution in [1.82, 2.24) is 4.98 Å². The number of aromatic nitrogens is 2. The molecule has 0 saturated heterocycles. The summed E-state index contributed by atoms with van der Waals surface area (Å²) in [4.78, 5) is 4.79. The number of aryl methyl sites for hydroxylation is 2. The highest BCUT2D eigenvalue weighted by Crippen LogP contribution is 2.50. The Hall–Kier alpha value is -3.46. The third kappa shape index (κ3) is 2.81. The molecule has 1 aliphatic heterocycles. The molecular formula is C29H27N2O+. The molecule has 1 aromatic heterocycles. The van der Waals surface area contributed by atoms with Gasteiger partial charge in [-0.3, -0.25) is 0 Å². The topological polar surface area (TPSA) is 26.0 Å². The predicted octanol–water partition coefficient (Wildman–Crippen LogP) is 7.04. The van der Waals surface area contributed by atoms with E-state index in [4.69, 9.17) is 9.72 Å². The number of ether oxygens (including phenoxy) is 1. The first-order valence-electron chi connectivity index (χ1n) is 11.2. The normalized spacial score (nSPS) is 12.9. The Bertz CT molecular complexity index is 1570. The zero-order chi connectivity index (χ0) is 22.2. The zero-order valence-electron chi connectivity index (χ0n) is 19.3. The van der Waals surface area contributed by atoms with Crippen LogP contribution in [0.4, 0.5) is 0 Å². The lowest BCUT2D eigenvalue weighted by molar-refractivity contribution is -0.662. The molecule has 3 heteroatoms. The smallest absolute Gasteiger partial charge is 0.287 e. The van der Waals surface area contributed by atoms with Gasteiger partial charge in [-0.2, -0.15) is 0 Å². The lowest BCUT2D eigenvalue weighted by Crippen LogP contribution is -2.32. The van der Waals surface area contributed by atoms with Crippen molar-refractivity contribution in [3.05, 3.63) is 72.1 Å². The molecule has 0 bridgehead atoms. The molecule has 0 unspecified atom stereocenters. The summed E-state index contributed by atoms with van der Waals surface area (Å²) >= 11 is 0. The highest BCUT2D eigenvalue weighted by molar-refractivity contribution is 6.12. The minimum absolute atomic E-state index is 0.242. The van der Waals surface area contributed by atoms with Gasteiger partial charge < -0.3 is 4.74 Å². The highest BCUT2D eigenvalue weighted by Gasteiger charge is 2.31. The second kappa shape index (κ2) is 6.52. The van der Waals surface area contributed by atoms with Crippen molar-refractivity contribution in [1.29, 1.82) is 0 Å². The maximum atomic E-state index is 6.69. The number of benzene rings is 4. The van der Waals surface area contributed by atoms with E-state index in [-0.39, 0.29) is 5.41 Å². The number of hydrogen-bond donors (Lipinski definition) is 0. The van der Waals surface area contributed by atoms with Crippen molar-refractivity contribution in [2.45, 2.75) is 34.1 Å². The molecule has 6 rings (SSSR count). The lowest BCUT2D eigenvalue weighted by atomic mass is 9.87. The Labute approximate surface area is 188 Å². The van der Waals surface area contributed by atoms with Crippen LogP contribution in [0.3, 0.4) is 0 Å². The van der Waals surface area contributed by atoms with Gasteiger partial charge in [0.25, 0.3) is 6.33 Å². The molecule has 5 aromatic rings. The third-order valence-corrected chi connectivity index (χ3v) is 6.55. The van der Waals surface area contributed by atoms with E-state index in [1.807, 2.05) is 6.33 Å². The molecule has 0 amide bonds. The highest BCUT2D eigenvalue weighted by atomic mass is 16.5. The van der Waals surface area contributed by atoms with Crippen molar-refractivity contribution in [2.24, 2.45) is 12.5 Å². The lowest BCUT2D eigenvalue weighted by Gasteiger charge is -2.24. The first kappa shape index (κ1) is 19.2. The summed E-state index contributed by atoms with van der Waals surface area (Å²) in [5.41, 5.74) is 6.15. The fraction of sp³-hybridized carbons (Fsp3) is 0.241. The zero-order valence-corrected chi connectivity index (χ0v) is 19.3. The minimum atomic E-state index is 0.242. The number of hydrogen-bond acceptors (Lipinski definition) is 2. The molecule has 158 valence electrons. The van der Waals surface area contributed by atoms with E-state index in [9.17, 15) is 0 Å². The Morgan fingerprint density at radius 3 is 2.56 bits per heavy atom. The molecule has 0 radical (unpaired) electrons. The quantitative estimate of drug-likeness (QED) is 0.211. The average Bonchev–Trinajstić information content (AvgIpc) is 2.74. The Morgan fingerprint density at radius 2 is 1.75 bits per heavy atom. The second-order valence-corrected chi connectivity index (χ2v) is 10.3. The third-order valence-electron chi connectivity index (χ3n) is 6.55. The van der Waals surface area contributed by atoms with Crippen molar-refractivity contribution in [2.75, 3.05) is 0 Å². The summed E-state index contributed by atoms with van der Waals surface area (Å²) in [6.07, 6.45) is 2.96. The Balaban J connectivity index is 1.70. The van der Waals surface area contributed by atoms with E-state index >= 15 is 0 Å². The molecule has 0 aliphatic carbocycles. The number of fused-ring (bicyclic) bond motifs is 5. The van der Waals surface area contributed by atoms with Gasteiger partial charge in [-0.05, 0) is 63.2 Å². The van der Waals surface area contributed by atoms with Gasteiger partial charge in [-0.1, -0.05) is 63.2 Å². The minimum Gasteiger partial charge on any atom is -0.455 e. The van der Waals surface area contributed by atoms with Crippen molar-refractivity contribution in [3.8, 4) is 22.8 Å². The van der Waals surface area contributed by atoms with Gasteiger partial charge in [-0.15, -0.1) is 0 Å². The van der Waals surface area contributed by atoms with Gasteiger partial charge in [0, 0.05) is 5.39 Å². The van der Waals surface area contributed by atoms with Gasteiger partial charge in [0.15, 0.2) is 17.0 Å². The number of nitrogens with zero attached hydrogens (tertiary/aromatic N) is 2. The van der Waals surface area contributed by atoms with E-state index in [1.165, 1.54) is 33.0 Å². The summed E-state index contributed by atoms with van der Waals surface area (Å²) in [5.74, 6) is 1.84. The SMILES string of the molecule is Cc1c2c(cc3ccccc13)Oc1c3ccc(CC(C)(C)C)cc3cc3nc[n+](C)c-2c13. The summed E-state index contributed by atoms with van der Waals surface area (Å²) in [7, 11) is 2.08. The average molecular weight is 420 g/mol. The summed E-state index contributed by atoms with van der Waals surface area (Å²) in [6.45, 7) is 9.03. The largest absolute Gasteiger partial charge is 0.455 e. The second-order valence-electron chi connectivity index (χ2n) is 10.3. The van der Waals surface area contributed by atoms with Gasteiger partial charge in [0.1, 0.15) is 11.1 Å². The van der Waals surface area contributed by atoms with Crippen LogP contribution in [0, 0.1) is 12.3 Å². The maximum absolute atomic E-state index is 6.69. The van der Waals surface area contributed by atoms with Crippen LogP contribution in [0.15, 0.2) is 60.9 Å². The van der Waals surface area contributed by atoms with E-state index in [2.05, 4.69) is 93.9 Å². The van der Waals surface area contributed by atoms with Gasteiger partial charge in [0.05, 0.1) is 12.6 Å². The van der Waals surface area contributed by atoms with E-state index in [0.717, 1.165) is 39.8 Å². The van der Waals surface area contributed by atoms with Crippen LogP contribution >= 0.6 is 0 Å². The molecule has 4 aromatic carbocycles. The van der Waals surface area contributed by atoms with E-state index in [1.54, 1.807) is 0 Å².